The van der Waals surface area contributed by atoms with Crippen molar-refractivity contribution in [1.29, 1.82) is 0 Å². The van der Waals surface area contributed by atoms with Crippen LogP contribution < -0.4 is 5.56 Å². The smallest absolute Gasteiger partial charge is 0.253 e. The minimum absolute atomic E-state index is 0.115. The van der Waals surface area contributed by atoms with Gasteiger partial charge in [0.15, 0.2) is 0 Å². The maximum atomic E-state index is 11.9. The van der Waals surface area contributed by atoms with Gasteiger partial charge in [-0.1, -0.05) is 27.7 Å². The molecule has 88 valence electrons. The van der Waals surface area contributed by atoms with Gasteiger partial charge in [-0.15, -0.1) is 0 Å². The Labute approximate surface area is 96.5 Å². The van der Waals surface area contributed by atoms with Gasteiger partial charge in [-0.25, -0.2) is 4.98 Å². The molecule has 1 aliphatic rings. The molecule has 0 fully saturated rings. The number of hydrogen-bond donors (Lipinski definition) is 0. The zero-order valence-corrected chi connectivity index (χ0v) is 10.6. The summed E-state index contributed by atoms with van der Waals surface area (Å²) < 4.78 is 1.83. The van der Waals surface area contributed by atoms with Gasteiger partial charge in [0.05, 0.1) is 5.69 Å². The van der Waals surface area contributed by atoms with Crippen LogP contribution in [0.15, 0.2) is 10.9 Å². The summed E-state index contributed by atoms with van der Waals surface area (Å²) in [5.41, 5.74) is 1.31. The molecule has 1 aromatic rings. The van der Waals surface area contributed by atoms with Crippen LogP contribution in [0.2, 0.25) is 0 Å². The van der Waals surface area contributed by atoms with Crippen molar-refractivity contribution < 1.29 is 0 Å². The Balaban J connectivity index is 2.50. The molecule has 0 amide bonds. The summed E-state index contributed by atoms with van der Waals surface area (Å²) in [5.74, 6) is 1.29. The highest BCUT2D eigenvalue weighted by molar-refractivity contribution is 5.11. The fourth-order valence-corrected chi connectivity index (χ4v) is 2.17. The molecule has 3 heteroatoms. The van der Waals surface area contributed by atoms with Crippen LogP contribution in [0.1, 0.15) is 51.6 Å². The van der Waals surface area contributed by atoms with E-state index in [4.69, 9.17) is 0 Å². The van der Waals surface area contributed by atoms with Gasteiger partial charge in [-0.3, -0.25) is 9.36 Å². The van der Waals surface area contributed by atoms with Crippen molar-refractivity contribution in [2.75, 3.05) is 0 Å². The molecule has 0 saturated carbocycles. The van der Waals surface area contributed by atoms with Gasteiger partial charge in [0, 0.05) is 19.0 Å². The molecule has 3 nitrogen and oxygen atoms in total. The van der Waals surface area contributed by atoms with E-state index in [2.05, 4.69) is 32.7 Å². The first-order valence-corrected chi connectivity index (χ1v) is 6.00. The molecule has 16 heavy (non-hydrogen) atoms. The molecule has 0 N–H and O–H groups in total. The topological polar surface area (TPSA) is 34.9 Å². The van der Waals surface area contributed by atoms with Crippen molar-refractivity contribution >= 4 is 0 Å². The minimum Gasteiger partial charge on any atom is -0.297 e. The van der Waals surface area contributed by atoms with E-state index >= 15 is 0 Å². The molecule has 0 aliphatic carbocycles. The van der Waals surface area contributed by atoms with Gasteiger partial charge in [0.2, 0.25) is 0 Å². The molecular weight excluding hydrogens is 200 g/mol. The first-order valence-electron chi connectivity index (χ1n) is 6.00. The van der Waals surface area contributed by atoms with Crippen LogP contribution in [0.5, 0.6) is 0 Å². The lowest BCUT2D eigenvalue weighted by molar-refractivity contribution is 0.259. The molecular formula is C13H20N2O. The van der Waals surface area contributed by atoms with Crippen LogP contribution in [0, 0.1) is 5.41 Å². The van der Waals surface area contributed by atoms with E-state index in [0.29, 0.717) is 5.92 Å². The third-order valence-electron chi connectivity index (χ3n) is 3.35. The summed E-state index contributed by atoms with van der Waals surface area (Å²) in [4.78, 5) is 16.6. The van der Waals surface area contributed by atoms with Gasteiger partial charge >= 0.3 is 0 Å². The van der Waals surface area contributed by atoms with E-state index in [0.717, 1.165) is 30.9 Å². The monoisotopic (exact) mass is 220 g/mol. The molecule has 0 radical (unpaired) electrons. The lowest BCUT2D eigenvalue weighted by atomic mass is 9.83. The average Bonchev–Trinajstić information content (AvgIpc) is 2.14. The van der Waals surface area contributed by atoms with E-state index in [9.17, 15) is 4.79 Å². The SMILES string of the molecule is CC(C)c1cc(=O)n2c(n1)CC(C)(C)CC2. The van der Waals surface area contributed by atoms with Crippen LogP contribution in [0.3, 0.4) is 0 Å². The summed E-state index contributed by atoms with van der Waals surface area (Å²) in [6.07, 6.45) is 1.96. The molecule has 1 aromatic heterocycles. The molecule has 1 aliphatic heterocycles. The standard InChI is InChI=1S/C13H20N2O/c1-9(2)10-7-12(16)15-6-5-13(3,4)8-11(15)14-10/h7,9H,5-6,8H2,1-4H3. The second-order valence-corrected chi connectivity index (χ2v) is 5.83. The zero-order valence-electron chi connectivity index (χ0n) is 10.6. The van der Waals surface area contributed by atoms with Gasteiger partial charge in [0.1, 0.15) is 5.82 Å². The number of rotatable bonds is 1. The van der Waals surface area contributed by atoms with Crippen molar-refractivity contribution in [2.24, 2.45) is 5.41 Å². The maximum Gasteiger partial charge on any atom is 0.253 e. The Morgan fingerprint density at radius 3 is 2.75 bits per heavy atom. The Hall–Kier alpha value is -1.12. The van der Waals surface area contributed by atoms with Gasteiger partial charge in [-0.2, -0.15) is 0 Å². The van der Waals surface area contributed by atoms with Crippen LogP contribution in [0.25, 0.3) is 0 Å². The quantitative estimate of drug-likeness (QED) is 0.728. The highest BCUT2D eigenvalue weighted by Gasteiger charge is 2.27. The Kier molecular flexibility index (Phi) is 2.64. The number of fused-ring (bicyclic) bond motifs is 1. The summed E-state index contributed by atoms with van der Waals surface area (Å²) in [6, 6.07) is 1.69. The summed E-state index contributed by atoms with van der Waals surface area (Å²) in [5, 5.41) is 0. The molecule has 2 heterocycles. The molecule has 0 bridgehead atoms. The second kappa shape index (κ2) is 3.72. The van der Waals surface area contributed by atoms with Crippen LogP contribution in [-0.4, -0.2) is 9.55 Å². The lowest BCUT2D eigenvalue weighted by Gasteiger charge is -2.31. The first kappa shape index (κ1) is 11.4. The Bertz CT molecular complexity index is 457. The van der Waals surface area contributed by atoms with E-state index < -0.39 is 0 Å². The fraction of sp³-hybridized carbons (Fsp3) is 0.692. The van der Waals surface area contributed by atoms with Gasteiger partial charge in [0.25, 0.3) is 5.56 Å². The fourth-order valence-electron chi connectivity index (χ4n) is 2.17. The van der Waals surface area contributed by atoms with Crippen molar-refractivity contribution in [2.45, 2.75) is 53.0 Å². The van der Waals surface area contributed by atoms with E-state index in [1.165, 1.54) is 0 Å². The highest BCUT2D eigenvalue weighted by Crippen LogP contribution is 2.29. The Morgan fingerprint density at radius 2 is 2.12 bits per heavy atom. The average molecular weight is 220 g/mol. The summed E-state index contributed by atoms with van der Waals surface area (Å²) in [6.45, 7) is 9.45. The largest absolute Gasteiger partial charge is 0.297 e. The molecule has 0 saturated heterocycles. The molecule has 2 rings (SSSR count). The molecule has 0 atom stereocenters. The zero-order chi connectivity index (χ0) is 11.9. The molecule has 0 unspecified atom stereocenters. The van der Waals surface area contributed by atoms with E-state index in [1.807, 2.05) is 4.57 Å². The molecule has 0 aromatic carbocycles. The van der Waals surface area contributed by atoms with Crippen LogP contribution in [0.4, 0.5) is 0 Å². The predicted octanol–water partition coefficient (Wildman–Crippen LogP) is 2.34. The summed E-state index contributed by atoms with van der Waals surface area (Å²) >= 11 is 0. The highest BCUT2D eigenvalue weighted by atomic mass is 16.1. The van der Waals surface area contributed by atoms with Crippen LogP contribution >= 0.6 is 0 Å². The summed E-state index contributed by atoms with van der Waals surface area (Å²) in [7, 11) is 0. The van der Waals surface area contributed by atoms with Crippen molar-refractivity contribution in [1.82, 2.24) is 9.55 Å². The maximum absolute atomic E-state index is 11.9. The number of aromatic nitrogens is 2. The lowest BCUT2D eigenvalue weighted by Crippen LogP contribution is -2.35. The first-order chi connectivity index (χ1) is 7.39. The number of nitrogens with zero attached hydrogens (tertiary/aromatic N) is 2. The third-order valence-corrected chi connectivity index (χ3v) is 3.35. The third kappa shape index (κ3) is 2.04. The van der Waals surface area contributed by atoms with Gasteiger partial charge in [-0.05, 0) is 17.8 Å². The van der Waals surface area contributed by atoms with Crippen molar-refractivity contribution in [3.05, 3.63) is 27.9 Å². The second-order valence-electron chi connectivity index (χ2n) is 5.83. The van der Waals surface area contributed by atoms with Crippen molar-refractivity contribution in [3.8, 4) is 0 Å². The molecule has 0 spiro atoms. The van der Waals surface area contributed by atoms with E-state index in [-0.39, 0.29) is 11.0 Å². The van der Waals surface area contributed by atoms with Crippen molar-refractivity contribution in [3.63, 3.8) is 0 Å². The Morgan fingerprint density at radius 1 is 1.44 bits per heavy atom. The number of hydrogen-bond acceptors (Lipinski definition) is 2. The minimum atomic E-state index is 0.115. The normalized spacial score (nSPS) is 18.6. The van der Waals surface area contributed by atoms with Gasteiger partial charge < -0.3 is 0 Å². The predicted molar refractivity (Wildman–Crippen MR) is 64.7 cm³/mol. The van der Waals surface area contributed by atoms with E-state index in [1.54, 1.807) is 6.07 Å². The van der Waals surface area contributed by atoms with Crippen LogP contribution in [-0.2, 0) is 13.0 Å².